The third kappa shape index (κ3) is 3.51. The maximum Gasteiger partial charge on any atom is 0.387 e. The van der Waals surface area contributed by atoms with E-state index in [-0.39, 0.29) is 5.75 Å². The normalized spacial score (nSPS) is 11.4. The minimum absolute atomic E-state index is 0.195. The summed E-state index contributed by atoms with van der Waals surface area (Å²) < 4.78 is 29.8. The molecule has 0 amide bonds. The number of rotatable bonds is 5. The summed E-state index contributed by atoms with van der Waals surface area (Å²) in [6, 6.07) is 5.78. The summed E-state index contributed by atoms with van der Waals surface area (Å²) in [6.45, 7) is 2.63. The largest absolute Gasteiger partial charge is 0.434 e. The fourth-order valence-corrected chi connectivity index (χ4v) is 3.30. The van der Waals surface area contributed by atoms with Crippen LogP contribution in [-0.2, 0) is 5.75 Å². The van der Waals surface area contributed by atoms with Gasteiger partial charge < -0.3 is 9.72 Å². The molecule has 0 saturated heterocycles. The summed E-state index contributed by atoms with van der Waals surface area (Å²) >= 11 is 1.52. The first-order chi connectivity index (χ1) is 11.4. The summed E-state index contributed by atoms with van der Waals surface area (Å²) in [4.78, 5) is 12.1. The molecule has 0 unspecified atom stereocenters. The molecule has 7 heteroatoms. The maximum absolute atomic E-state index is 12.6. The second kappa shape index (κ2) is 6.76. The van der Waals surface area contributed by atoms with Gasteiger partial charge in [-0.25, -0.2) is 4.98 Å². The van der Waals surface area contributed by atoms with Crippen molar-refractivity contribution < 1.29 is 13.5 Å². The van der Waals surface area contributed by atoms with Crippen molar-refractivity contribution in [2.75, 3.05) is 0 Å². The Kier molecular flexibility index (Phi) is 4.71. The van der Waals surface area contributed by atoms with Gasteiger partial charge in [0.2, 0.25) is 0 Å². The van der Waals surface area contributed by atoms with Gasteiger partial charge in [0.15, 0.2) is 5.16 Å². The third-order valence-electron chi connectivity index (χ3n) is 3.66. The molecule has 0 aliphatic heterocycles. The number of aromatic nitrogens is 3. The van der Waals surface area contributed by atoms with Crippen LogP contribution in [0.4, 0.5) is 8.78 Å². The summed E-state index contributed by atoms with van der Waals surface area (Å²) in [5, 5.41) is 0.726. The molecule has 1 N–H and O–H groups in total. The molecule has 0 radical (unpaired) electrons. The highest BCUT2D eigenvalue weighted by Crippen LogP contribution is 2.33. The molecule has 1 aromatic carbocycles. The van der Waals surface area contributed by atoms with E-state index in [0.29, 0.717) is 22.4 Å². The number of fused-ring (bicyclic) bond motifs is 1. The predicted molar refractivity (Wildman–Crippen MR) is 90.7 cm³/mol. The number of H-pyrrole nitrogens is 1. The lowest BCUT2D eigenvalue weighted by atomic mass is 10.1. The number of pyridine rings is 1. The van der Waals surface area contributed by atoms with Gasteiger partial charge in [-0.15, -0.1) is 0 Å². The smallest absolute Gasteiger partial charge is 0.387 e. The van der Waals surface area contributed by atoms with E-state index in [1.807, 2.05) is 25.3 Å². The van der Waals surface area contributed by atoms with E-state index in [2.05, 4.69) is 19.7 Å². The Morgan fingerprint density at radius 2 is 2.04 bits per heavy atom. The Morgan fingerprint density at radius 3 is 2.71 bits per heavy atom. The van der Waals surface area contributed by atoms with Gasteiger partial charge in [-0.2, -0.15) is 8.78 Å². The second-order valence-electron chi connectivity index (χ2n) is 5.58. The minimum atomic E-state index is -2.85. The zero-order chi connectivity index (χ0) is 17.3. The number of imidazole rings is 1. The van der Waals surface area contributed by atoms with Crippen LogP contribution in [0.3, 0.4) is 0 Å². The molecule has 0 saturated carbocycles. The molecule has 0 bridgehead atoms. The van der Waals surface area contributed by atoms with E-state index in [9.17, 15) is 8.78 Å². The Bertz CT molecular complexity index is 862. The van der Waals surface area contributed by atoms with Crippen LogP contribution in [0.25, 0.3) is 11.0 Å². The first-order valence-corrected chi connectivity index (χ1v) is 8.41. The SMILES string of the molecule is Cc1ccc(CSc2nc3c(C)c(OC(F)F)c(C)cc3[nH]2)nc1. The molecule has 126 valence electrons. The molecule has 0 spiro atoms. The number of aromatic amines is 1. The van der Waals surface area contributed by atoms with E-state index >= 15 is 0 Å². The average molecular weight is 349 g/mol. The monoisotopic (exact) mass is 349 g/mol. The van der Waals surface area contributed by atoms with E-state index in [1.54, 1.807) is 19.9 Å². The van der Waals surface area contributed by atoms with Crippen LogP contribution in [0.5, 0.6) is 5.75 Å². The first kappa shape index (κ1) is 16.7. The molecule has 2 aromatic heterocycles. The summed E-state index contributed by atoms with van der Waals surface area (Å²) in [7, 11) is 0. The van der Waals surface area contributed by atoms with Crippen molar-refractivity contribution in [3.8, 4) is 5.75 Å². The van der Waals surface area contributed by atoms with Gasteiger partial charge in [-0.1, -0.05) is 17.8 Å². The molecule has 3 rings (SSSR count). The van der Waals surface area contributed by atoms with Crippen LogP contribution >= 0.6 is 11.8 Å². The fourth-order valence-electron chi connectivity index (χ4n) is 2.50. The zero-order valence-electron chi connectivity index (χ0n) is 13.6. The van der Waals surface area contributed by atoms with E-state index in [4.69, 9.17) is 0 Å². The van der Waals surface area contributed by atoms with Gasteiger partial charge in [0, 0.05) is 17.5 Å². The van der Waals surface area contributed by atoms with Crippen molar-refractivity contribution in [2.45, 2.75) is 38.3 Å². The van der Waals surface area contributed by atoms with E-state index in [0.717, 1.165) is 21.9 Å². The summed E-state index contributed by atoms with van der Waals surface area (Å²) in [6.07, 6.45) is 1.83. The maximum atomic E-state index is 12.6. The number of nitrogens with zero attached hydrogens (tertiary/aromatic N) is 2. The predicted octanol–water partition coefficient (Wildman–Crippen LogP) is 4.78. The van der Waals surface area contributed by atoms with Crippen LogP contribution < -0.4 is 4.74 Å². The molecule has 0 atom stereocenters. The molecule has 0 aliphatic rings. The first-order valence-electron chi connectivity index (χ1n) is 7.43. The van der Waals surface area contributed by atoms with Crippen molar-refractivity contribution in [3.63, 3.8) is 0 Å². The van der Waals surface area contributed by atoms with Crippen LogP contribution in [0.2, 0.25) is 0 Å². The number of alkyl halides is 2. The van der Waals surface area contributed by atoms with Crippen molar-refractivity contribution >= 4 is 22.8 Å². The highest BCUT2D eigenvalue weighted by Gasteiger charge is 2.16. The lowest BCUT2D eigenvalue weighted by molar-refractivity contribution is -0.0506. The Balaban J connectivity index is 1.85. The lowest BCUT2D eigenvalue weighted by Crippen LogP contribution is -2.05. The van der Waals surface area contributed by atoms with Crippen molar-refractivity contribution in [3.05, 3.63) is 46.8 Å². The molecule has 0 aliphatic carbocycles. The van der Waals surface area contributed by atoms with Gasteiger partial charge in [-0.3, -0.25) is 4.98 Å². The highest BCUT2D eigenvalue weighted by molar-refractivity contribution is 7.98. The molecular weight excluding hydrogens is 332 g/mol. The number of thioether (sulfide) groups is 1. The van der Waals surface area contributed by atoms with Gasteiger partial charge in [0.1, 0.15) is 5.75 Å². The quantitative estimate of drug-likeness (QED) is 0.674. The van der Waals surface area contributed by atoms with Crippen molar-refractivity contribution in [2.24, 2.45) is 0 Å². The molecular formula is C17H17F2N3OS. The van der Waals surface area contributed by atoms with Gasteiger partial charge in [-0.05, 0) is 44.0 Å². The number of aryl methyl sites for hydroxylation is 3. The van der Waals surface area contributed by atoms with Crippen LogP contribution in [0, 0.1) is 20.8 Å². The second-order valence-corrected chi connectivity index (χ2v) is 6.54. The fraction of sp³-hybridized carbons (Fsp3) is 0.294. The minimum Gasteiger partial charge on any atom is -0.434 e. The third-order valence-corrected chi connectivity index (χ3v) is 4.57. The number of hydrogen-bond donors (Lipinski definition) is 1. The molecule has 24 heavy (non-hydrogen) atoms. The van der Waals surface area contributed by atoms with Crippen molar-refractivity contribution in [1.29, 1.82) is 0 Å². The number of halogens is 2. The zero-order valence-corrected chi connectivity index (χ0v) is 14.4. The Morgan fingerprint density at radius 1 is 1.25 bits per heavy atom. The highest BCUT2D eigenvalue weighted by atomic mass is 32.2. The number of ether oxygens (including phenoxy) is 1. The van der Waals surface area contributed by atoms with E-state index in [1.165, 1.54) is 11.8 Å². The number of benzene rings is 1. The van der Waals surface area contributed by atoms with Crippen LogP contribution in [0.15, 0.2) is 29.6 Å². The van der Waals surface area contributed by atoms with Gasteiger partial charge >= 0.3 is 6.61 Å². The van der Waals surface area contributed by atoms with Crippen molar-refractivity contribution in [1.82, 2.24) is 15.0 Å². The molecule has 4 nitrogen and oxygen atoms in total. The van der Waals surface area contributed by atoms with Crippen LogP contribution in [-0.4, -0.2) is 21.6 Å². The van der Waals surface area contributed by atoms with E-state index < -0.39 is 6.61 Å². The lowest BCUT2D eigenvalue weighted by Gasteiger charge is -2.11. The Labute approximate surface area is 142 Å². The van der Waals surface area contributed by atoms with Gasteiger partial charge in [0.05, 0.1) is 16.7 Å². The molecule has 0 fully saturated rings. The summed E-state index contributed by atoms with van der Waals surface area (Å²) in [5.74, 6) is 0.874. The Hall–Kier alpha value is -2.15. The molecule has 3 aromatic rings. The number of hydrogen-bond acceptors (Lipinski definition) is 4. The summed E-state index contributed by atoms with van der Waals surface area (Å²) in [5.41, 5.74) is 4.80. The average Bonchev–Trinajstić information content (AvgIpc) is 2.94. The standard InChI is InChI=1S/C17H17F2N3OS/c1-9-4-5-12(20-7-9)8-24-17-21-13-6-10(2)15(23-16(18)19)11(3)14(13)22-17/h4-7,16H,8H2,1-3H3,(H,21,22). The topological polar surface area (TPSA) is 50.8 Å². The number of nitrogens with one attached hydrogen (secondary N) is 1. The van der Waals surface area contributed by atoms with Gasteiger partial charge in [0.25, 0.3) is 0 Å². The molecule has 2 heterocycles. The van der Waals surface area contributed by atoms with Crippen LogP contribution in [0.1, 0.15) is 22.4 Å².